The second kappa shape index (κ2) is 8.41. The molecule has 2 aromatic carbocycles. The molecule has 0 radical (unpaired) electrons. The molecule has 0 aliphatic carbocycles. The number of hydrogen-bond donors (Lipinski definition) is 1. The molecule has 2 heterocycles. The number of thiophene rings is 1. The lowest BCUT2D eigenvalue weighted by Gasteiger charge is -2.15. The van der Waals surface area contributed by atoms with Crippen LogP contribution in [0, 0.1) is 0 Å². The molecule has 28 heavy (non-hydrogen) atoms. The van der Waals surface area contributed by atoms with Gasteiger partial charge < -0.3 is 5.73 Å². The Labute approximate surface area is 171 Å². The fraction of sp³-hybridized carbons (Fsp3) is 0.0952. The molecule has 140 valence electrons. The van der Waals surface area contributed by atoms with Gasteiger partial charge in [0.1, 0.15) is 5.25 Å². The molecule has 2 aromatic heterocycles. The van der Waals surface area contributed by atoms with Crippen molar-refractivity contribution in [3.8, 4) is 10.7 Å². The normalized spacial score (nSPS) is 12.0. The Morgan fingerprint density at radius 2 is 1.71 bits per heavy atom. The summed E-state index contributed by atoms with van der Waals surface area (Å²) < 4.78 is 2.05. The molecule has 4 aromatic rings. The van der Waals surface area contributed by atoms with E-state index in [1.54, 1.807) is 11.3 Å². The first-order valence-corrected chi connectivity index (χ1v) is 10.5. The SMILES string of the molecule is NC(=O)C(Sc1nnc(-c2cccs2)n1Cc1ccccc1)c1ccccc1. The van der Waals surface area contributed by atoms with Crippen LogP contribution in [0.3, 0.4) is 0 Å². The number of thioether (sulfide) groups is 1. The minimum absolute atomic E-state index is 0.400. The average molecular weight is 407 g/mol. The predicted molar refractivity (Wildman–Crippen MR) is 113 cm³/mol. The zero-order chi connectivity index (χ0) is 19.3. The Balaban J connectivity index is 1.73. The van der Waals surface area contributed by atoms with E-state index in [4.69, 9.17) is 5.73 Å². The van der Waals surface area contributed by atoms with Crippen LogP contribution >= 0.6 is 23.1 Å². The summed E-state index contributed by atoms with van der Waals surface area (Å²) in [6.45, 7) is 0.615. The number of amides is 1. The van der Waals surface area contributed by atoms with E-state index in [0.717, 1.165) is 21.8 Å². The molecule has 4 rings (SSSR count). The lowest BCUT2D eigenvalue weighted by atomic mass is 10.1. The van der Waals surface area contributed by atoms with Crippen LogP contribution in [0.2, 0.25) is 0 Å². The molecule has 1 unspecified atom stereocenters. The van der Waals surface area contributed by atoms with Gasteiger partial charge in [-0.15, -0.1) is 21.5 Å². The fourth-order valence-electron chi connectivity index (χ4n) is 2.90. The van der Waals surface area contributed by atoms with E-state index in [-0.39, 0.29) is 0 Å². The standard InChI is InChI=1S/C21H18N4OS2/c22-19(26)18(16-10-5-2-6-11-16)28-21-24-23-20(17-12-7-13-27-17)25(21)14-15-8-3-1-4-9-15/h1-13,18H,14H2,(H2,22,26). The highest BCUT2D eigenvalue weighted by atomic mass is 32.2. The average Bonchev–Trinajstić information content (AvgIpc) is 3.37. The van der Waals surface area contributed by atoms with E-state index in [1.165, 1.54) is 11.8 Å². The molecule has 0 fully saturated rings. The van der Waals surface area contributed by atoms with E-state index in [0.29, 0.717) is 11.7 Å². The van der Waals surface area contributed by atoms with Crippen molar-refractivity contribution in [1.82, 2.24) is 14.8 Å². The van der Waals surface area contributed by atoms with Crippen LogP contribution in [0.25, 0.3) is 10.7 Å². The van der Waals surface area contributed by atoms with Crippen molar-refractivity contribution < 1.29 is 4.79 Å². The smallest absolute Gasteiger partial charge is 0.235 e. The number of aromatic nitrogens is 3. The zero-order valence-corrected chi connectivity index (χ0v) is 16.6. The molecular formula is C21H18N4OS2. The van der Waals surface area contributed by atoms with Crippen LogP contribution in [0.15, 0.2) is 83.3 Å². The molecule has 2 N–H and O–H groups in total. The number of nitrogens with two attached hydrogens (primary N) is 1. The molecule has 1 atom stereocenters. The van der Waals surface area contributed by atoms with Gasteiger partial charge in [-0.2, -0.15) is 0 Å². The number of primary amides is 1. The number of benzene rings is 2. The number of carbonyl (C=O) groups is 1. The predicted octanol–water partition coefficient (Wildman–Crippen LogP) is 4.37. The third-order valence-electron chi connectivity index (χ3n) is 4.23. The highest BCUT2D eigenvalue weighted by molar-refractivity contribution is 8.00. The van der Waals surface area contributed by atoms with Crippen LogP contribution in [0.1, 0.15) is 16.4 Å². The van der Waals surface area contributed by atoms with Gasteiger partial charge in [0.05, 0.1) is 11.4 Å². The summed E-state index contributed by atoms with van der Waals surface area (Å²) in [7, 11) is 0. The fourth-order valence-corrected chi connectivity index (χ4v) is 4.60. The topological polar surface area (TPSA) is 73.8 Å². The van der Waals surface area contributed by atoms with Crippen molar-refractivity contribution in [2.24, 2.45) is 5.73 Å². The van der Waals surface area contributed by atoms with Crippen LogP contribution in [0.4, 0.5) is 0 Å². The molecule has 7 heteroatoms. The zero-order valence-electron chi connectivity index (χ0n) is 14.9. The van der Waals surface area contributed by atoms with E-state index in [9.17, 15) is 4.79 Å². The number of hydrogen-bond acceptors (Lipinski definition) is 5. The summed E-state index contributed by atoms with van der Waals surface area (Å²) in [5.41, 5.74) is 7.70. The maximum atomic E-state index is 12.2. The summed E-state index contributed by atoms with van der Waals surface area (Å²) in [6.07, 6.45) is 0. The first-order chi connectivity index (χ1) is 13.7. The van der Waals surface area contributed by atoms with E-state index < -0.39 is 11.2 Å². The molecule has 5 nitrogen and oxygen atoms in total. The Morgan fingerprint density at radius 3 is 2.36 bits per heavy atom. The first-order valence-electron chi connectivity index (χ1n) is 8.74. The van der Waals surface area contributed by atoms with Crippen LogP contribution < -0.4 is 5.73 Å². The van der Waals surface area contributed by atoms with Crippen molar-refractivity contribution in [2.45, 2.75) is 17.0 Å². The third kappa shape index (κ3) is 4.00. The van der Waals surface area contributed by atoms with Gasteiger partial charge in [-0.3, -0.25) is 9.36 Å². The summed E-state index contributed by atoms with van der Waals surface area (Å²) in [5, 5.41) is 11.0. The van der Waals surface area contributed by atoms with Crippen LogP contribution in [0.5, 0.6) is 0 Å². The maximum absolute atomic E-state index is 12.2. The van der Waals surface area contributed by atoms with E-state index in [2.05, 4.69) is 22.3 Å². The molecule has 1 amide bonds. The Morgan fingerprint density at radius 1 is 1.00 bits per heavy atom. The Bertz CT molecular complexity index is 1050. The van der Waals surface area contributed by atoms with Gasteiger partial charge >= 0.3 is 0 Å². The van der Waals surface area contributed by atoms with Gasteiger partial charge in [0, 0.05) is 0 Å². The molecule has 0 bridgehead atoms. The van der Waals surface area contributed by atoms with Crippen molar-refractivity contribution in [1.29, 1.82) is 0 Å². The van der Waals surface area contributed by atoms with Crippen LogP contribution in [-0.2, 0) is 11.3 Å². The molecule has 0 aliphatic heterocycles. The second-order valence-electron chi connectivity index (χ2n) is 6.17. The highest BCUT2D eigenvalue weighted by Gasteiger charge is 2.24. The molecule has 0 saturated heterocycles. The minimum Gasteiger partial charge on any atom is -0.368 e. The van der Waals surface area contributed by atoms with Crippen molar-refractivity contribution in [2.75, 3.05) is 0 Å². The number of rotatable bonds is 7. The Kier molecular flexibility index (Phi) is 5.55. The molecular weight excluding hydrogens is 388 g/mol. The van der Waals surface area contributed by atoms with Crippen LogP contribution in [-0.4, -0.2) is 20.7 Å². The summed E-state index contributed by atoms with van der Waals surface area (Å²) >= 11 is 2.94. The third-order valence-corrected chi connectivity index (χ3v) is 6.34. The lowest BCUT2D eigenvalue weighted by Crippen LogP contribution is -2.19. The summed E-state index contributed by atoms with van der Waals surface area (Å²) in [4.78, 5) is 13.2. The minimum atomic E-state index is -0.531. The monoisotopic (exact) mass is 406 g/mol. The Hall–Kier alpha value is -2.90. The summed E-state index contributed by atoms with van der Waals surface area (Å²) in [6, 6.07) is 23.7. The van der Waals surface area contributed by atoms with Gasteiger partial charge in [-0.25, -0.2) is 0 Å². The van der Waals surface area contributed by atoms with E-state index in [1.807, 2.05) is 70.6 Å². The summed E-state index contributed by atoms with van der Waals surface area (Å²) in [5.74, 6) is 0.390. The van der Waals surface area contributed by atoms with Gasteiger partial charge in [-0.1, -0.05) is 78.5 Å². The maximum Gasteiger partial charge on any atom is 0.235 e. The second-order valence-corrected chi connectivity index (χ2v) is 8.19. The first kappa shape index (κ1) is 18.5. The highest BCUT2D eigenvalue weighted by Crippen LogP contribution is 2.36. The van der Waals surface area contributed by atoms with Gasteiger partial charge in [0.25, 0.3) is 0 Å². The largest absolute Gasteiger partial charge is 0.368 e. The quantitative estimate of drug-likeness (QED) is 0.463. The molecule has 0 spiro atoms. The van der Waals surface area contributed by atoms with Gasteiger partial charge in [0.15, 0.2) is 11.0 Å². The van der Waals surface area contributed by atoms with Gasteiger partial charge in [-0.05, 0) is 22.6 Å². The van der Waals surface area contributed by atoms with E-state index >= 15 is 0 Å². The van der Waals surface area contributed by atoms with Crippen molar-refractivity contribution >= 4 is 29.0 Å². The molecule has 0 saturated carbocycles. The van der Waals surface area contributed by atoms with Crippen molar-refractivity contribution in [3.05, 3.63) is 89.3 Å². The van der Waals surface area contributed by atoms with Gasteiger partial charge in [0.2, 0.25) is 5.91 Å². The molecule has 0 aliphatic rings. The van der Waals surface area contributed by atoms with Crippen molar-refractivity contribution in [3.63, 3.8) is 0 Å². The number of carbonyl (C=O) groups excluding carboxylic acids is 1. The number of nitrogens with zero attached hydrogens (tertiary/aromatic N) is 3. The lowest BCUT2D eigenvalue weighted by molar-refractivity contribution is -0.117.